The highest BCUT2D eigenvalue weighted by atomic mass is 32.2. The van der Waals surface area contributed by atoms with E-state index >= 15 is 0 Å². The molecule has 2 amide bonds. The van der Waals surface area contributed by atoms with E-state index in [0.717, 1.165) is 17.3 Å². The predicted octanol–water partition coefficient (Wildman–Crippen LogP) is 4.68. The minimum Gasteiger partial charge on any atom is -0.478 e. The van der Waals surface area contributed by atoms with Gasteiger partial charge in [0.05, 0.1) is 17.8 Å². The number of carboxylic acids is 1. The van der Waals surface area contributed by atoms with E-state index in [4.69, 9.17) is 5.11 Å². The molecule has 0 aromatic heterocycles. The molecule has 1 saturated heterocycles. The number of carboxylic acid groups (broad SMARTS) is 1. The number of thioether (sulfide) groups is 1. The summed E-state index contributed by atoms with van der Waals surface area (Å²) in [6, 6.07) is 20.8. The SMILES string of the molecule is O=C(O)c1ccc(NC(=O)[C@@H]2CC(=O)N(Cc3ccccc3)C(=Nc3cccc(F)c3)S2)cc1. The number of anilines is 1. The number of amides is 2. The highest BCUT2D eigenvalue weighted by Gasteiger charge is 2.36. The third kappa shape index (κ3) is 5.68. The van der Waals surface area contributed by atoms with E-state index < -0.39 is 22.9 Å². The third-order valence-corrected chi connectivity index (χ3v) is 6.24. The number of amidine groups is 1. The number of carbonyl (C=O) groups excluding carboxylic acids is 2. The first-order chi connectivity index (χ1) is 16.4. The maximum atomic E-state index is 13.7. The Hall–Kier alpha value is -3.98. The van der Waals surface area contributed by atoms with Gasteiger partial charge >= 0.3 is 5.97 Å². The maximum absolute atomic E-state index is 13.7. The molecule has 0 unspecified atom stereocenters. The average molecular weight is 478 g/mol. The summed E-state index contributed by atoms with van der Waals surface area (Å²) in [4.78, 5) is 43.0. The number of hydrogen-bond donors (Lipinski definition) is 2. The Bertz CT molecular complexity index is 1250. The largest absolute Gasteiger partial charge is 0.478 e. The van der Waals surface area contributed by atoms with Crippen LogP contribution in [0.5, 0.6) is 0 Å². The summed E-state index contributed by atoms with van der Waals surface area (Å²) in [6.45, 7) is 0.270. The minimum atomic E-state index is -1.07. The second kappa shape index (κ2) is 10.3. The molecule has 1 fully saturated rings. The molecular formula is C25H20FN3O4S. The highest BCUT2D eigenvalue weighted by molar-refractivity contribution is 8.15. The maximum Gasteiger partial charge on any atom is 0.335 e. The number of nitrogens with zero attached hydrogens (tertiary/aromatic N) is 2. The monoisotopic (exact) mass is 477 g/mol. The van der Waals surface area contributed by atoms with Gasteiger partial charge in [-0.25, -0.2) is 14.2 Å². The Labute approximate surface area is 199 Å². The number of benzene rings is 3. The van der Waals surface area contributed by atoms with Crippen LogP contribution in [-0.4, -0.2) is 38.2 Å². The lowest BCUT2D eigenvalue weighted by Crippen LogP contribution is -2.44. The zero-order valence-electron chi connectivity index (χ0n) is 17.8. The summed E-state index contributed by atoms with van der Waals surface area (Å²) in [7, 11) is 0. The van der Waals surface area contributed by atoms with Crippen molar-refractivity contribution < 1.29 is 23.9 Å². The standard InChI is InChI=1S/C25H20FN3O4S/c26-18-7-4-8-20(13-18)28-25-29(15-16-5-2-1-3-6-16)22(30)14-21(34-25)23(31)27-19-11-9-17(10-12-19)24(32)33/h1-13,21H,14-15H2,(H,27,31)(H,32,33)/t21-/m0/s1. The van der Waals surface area contributed by atoms with Gasteiger partial charge in [0.15, 0.2) is 5.17 Å². The molecule has 1 heterocycles. The predicted molar refractivity (Wildman–Crippen MR) is 129 cm³/mol. The molecule has 1 atom stereocenters. The van der Waals surface area contributed by atoms with Crippen LogP contribution in [0.15, 0.2) is 83.9 Å². The Morgan fingerprint density at radius 2 is 1.79 bits per heavy atom. The van der Waals surface area contributed by atoms with Crippen molar-refractivity contribution in [1.29, 1.82) is 0 Å². The van der Waals surface area contributed by atoms with E-state index in [1.165, 1.54) is 47.4 Å². The van der Waals surface area contributed by atoms with Gasteiger partial charge in [0.2, 0.25) is 11.8 Å². The molecule has 0 bridgehead atoms. The molecule has 1 aliphatic heterocycles. The Kier molecular flexibility index (Phi) is 7.03. The van der Waals surface area contributed by atoms with Gasteiger partial charge in [-0.3, -0.25) is 14.5 Å². The van der Waals surface area contributed by atoms with Crippen LogP contribution < -0.4 is 5.32 Å². The lowest BCUT2D eigenvalue weighted by Gasteiger charge is -2.32. The first-order valence-electron chi connectivity index (χ1n) is 10.4. The highest BCUT2D eigenvalue weighted by Crippen LogP contribution is 2.31. The van der Waals surface area contributed by atoms with E-state index in [1.807, 2.05) is 30.3 Å². The van der Waals surface area contributed by atoms with Crippen molar-refractivity contribution in [3.63, 3.8) is 0 Å². The summed E-state index contributed by atoms with van der Waals surface area (Å²) in [5.41, 5.74) is 1.74. The van der Waals surface area contributed by atoms with Gasteiger partial charge in [-0.15, -0.1) is 0 Å². The summed E-state index contributed by atoms with van der Waals surface area (Å²) >= 11 is 1.13. The van der Waals surface area contributed by atoms with Gasteiger partial charge < -0.3 is 10.4 Å². The van der Waals surface area contributed by atoms with Gasteiger partial charge in [-0.2, -0.15) is 0 Å². The second-order valence-electron chi connectivity index (χ2n) is 7.52. The van der Waals surface area contributed by atoms with Crippen molar-refractivity contribution in [2.45, 2.75) is 18.2 Å². The van der Waals surface area contributed by atoms with Gasteiger partial charge in [-0.05, 0) is 48.0 Å². The zero-order chi connectivity index (χ0) is 24.1. The van der Waals surface area contributed by atoms with Gasteiger partial charge in [0, 0.05) is 12.1 Å². The molecule has 0 spiro atoms. The number of hydrogen-bond acceptors (Lipinski definition) is 5. The lowest BCUT2D eigenvalue weighted by atomic mass is 10.2. The smallest absolute Gasteiger partial charge is 0.335 e. The minimum absolute atomic E-state index is 0.0429. The molecular weight excluding hydrogens is 457 g/mol. The topological polar surface area (TPSA) is 99.1 Å². The molecule has 0 aliphatic carbocycles. The number of rotatable bonds is 6. The summed E-state index contributed by atoms with van der Waals surface area (Å²) in [5, 5.41) is 11.3. The summed E-state index contributed by atoms with van der Waals surface area (Å²) < 4.78 is 13.7. The molecule has 7 nitrogen and oxygen atoms in total. The van der Waals surface area contributed by atoms with Crippen LogP contribution in [0.4, 0.5) is 15.8 Å². The van der Waals surface area contributed by atoms with Crippen LogP contribution in [0, 0.1) is 5.82 Å². The number of carbonyl (C=O) groups is 3. The molecule has 4 rings (SSSR count). The first kappa shape index (κ1) is 23.2. The van der Waals surface area contributed by atoms with Crippen LogP contribution in [0.1, 0.15) is 22.3 Å². The van der Waals surface area contributed by atoms with Gasteiger partial charge in [-0.1, -0.05) is 48.2 Å². The van der Waals surface area contributed by atoms with Crippen molar-refractivity contribution in [2.75, 3.05) is 5.32 Å². The van der Waals surface area contributed by atoms with Gasteiger partial charge in [0.25, 0.3) is 0 Å². The molecule has 34 heavy (non-hydrogen) atoms. The summed E-state index contributed by atoms with van der Waals surface area (Å²) in [5.74, 6) is -2.21. The van der Waals surface area contributed by atoms with Gasteiger partial charge in [0.1, 0.15) is 11.1 Å². The van der Waals surface area contributed by atoms with Crippen molar-refractivity contribution in [3.8, 4) is 0 Å². The van der Waals surface area contributed by atoms with Crippen molar-refractivity contribution in [1.82, 2.24) is 4.90 Å². The normalized spacial score (nSPS) is 17.0. The van der Waals surface area contributed by atoms with Crippen LogP contribution in [0.3, 0.4) is 0 Å². The molecule has 172 valence electrons. The average Bonchev–Trinajstić information content (AvgIpc) is 2.82. The molecule has 1 aliphatic rings. The lowest BCUT2D eigenvalue weighted by molar-refractivity contribution is -0.129. The third-order valence-electron chi connectivity index (χ3n) is 5.05. The Morgan fingerprint density at radius 3 is 2.47 bits per heavy atom. The number of halogens is 1. The fourth-order valence-electron chi connectivity index (χ4n) is 3.34. The van der Waals surface area contributed by atoms with Crippen LogP contribution in [-0.2, 0) is 16.1 Å². The molecule has 0 saturated carbocycles. The van der Waals surface area contributed by atoms with E-state index in [-0.39, 0.29) is 24.4 Å². The fraction of sp³-hybridized carbons (Fsp3) is 0.120. The molecule has 2 N–H and O–H groups in total. The zero-order valence-corrected chi connectivity index (χ0v) is 18.7. The van der Waals surface area contributed by atoms with E-state index in [2.05, 4.69) is 10.3 Å². The number of nitrogens with one attached hydrogen (secondary N) is 1. The second-order valence-corrected chi connectivity index (χ2v) is 8.69. The van der Waals surface area contributed by atoms with Crippen LogP contribution >= 0.6 is 11.8 Å². The molecule has 9 heteroatoms. The first-order valence-corrected chi connectivity index (χ1v) is 11.3. The van der Waals surface area contributed by atoms with E-state index in [0.29, 0.717) is 16.5 Å². The number of aliphatic imine (C=N–C) groups is 1. The summed E-state index contributed by atoms with van der Waals surface area (Å²) in [6.07, 6.45) is -0.0429. The van der Waals surface area contributed by atoms with Crippen molar-refractivity contribution in [2.24, 2.45) is 4.99 Å². The van der Waals surface area contributed by atoms with Crippen molar-refractivity contribution >= 4 is 46.1 Å². The molecule has 0 radical (unpaired) electrons. The Morgan fingerprint density at radius 1 is 1.06 bits per heavy atom. The van der Waals surface area contributed by atoms with Crippen LogP contribution in [0.25, 0.3) is 0 Å². The molecule has 3 aromatic carbocycles. The number of aromatic carboxylic acids is 1. The van der Waals surface area contributed by atoms with E-state index in [9.17, 15) is 18.8 Å². The van der Waals surface area contributed by atoms with Crippen molar-refractivity contribution in [3.05, 3.63) is 95.8 Å². The quantitative estimate of drug-likeness (QED) is 0.537. The molecule has 3 aromatic rings. The van der Waals surface area contributed by atoms with Crippen LogP contribution in [0.2, 0.25) is 0 Å². The van der Waals surface area contributed by atoms with E-state index in [1.54, 1.807) is 6.07 Å². The Balaban J connectivity index is 1.57. The fourth-order valence-corrected chi connectivity index (χ4v) is 4.44.